The first-order valence-electron chi connectivity index (χ1n) is 9.59. The van der Waals surface area contributed by atoms with E-state index in [0.717, 1.165) is 35.2 Å². The van der Waals surface area contributed by atoms with Gasteiger partial charge in [0.1, 0.15) is 6.04 Å². The van der Waals surface area contributed by atoms with Gasteiger partial charge in [-0.1, -0.05) is 12.1 Å². The van der Waals surface area contributed by atoms with E-state index in [-0.39, 0.29) is 11.8 Å². The number of benzene rings is 1. The van der Waals surface area contributed by atoms with Crippen molar-refractivity contribution in [3.63, 3.8) is 0 Å². The van der Waals surface area contributed by atoms with Crippen LogP contribution in [0.4, 0.5) is 5.95 Å². The van der Waals surface area contributed by atoms with Crippen LogP contribution in [0.1, 0.15) is 42.0 Å². The number of fused-ring (bicyclic) bond motifs is 1. The molecule has 140 valence electrons. The maximum atomic E-state index is 12.8. The SMILES string of the molecule is Cc1ccc(-c2nc3n(n2)C(c2ccncc2)C2=C(CCCC2=O)N3)cc1C. The fourth-order valence-electron chi connectivity index (χ4n) is 4.01. The lowest BCUT2D eigenvalue weighted by Crippen LogP contribution is -2.31. The summed E-state index contributed by atoms with van der Waals surface area (Å²) in [6, 6.07) is 9.87. The van der Waals surface area contributed by atoms with Crippen molar-refractivity contribution >= 4 is 11.7 Å². The zero-order valence-corrected chi connectivity index (χ0v) is 15.9. The Kier molecular flexibility index (Phi) is 3.86. The number of rotatable bonds is 2. The van der Waals surface area contributed by atoms with Crippen molar-refractivity contribution in [2.24, 2.45) is 0 Å². The van der Waals surface area contributed by atoms with Gasteiger partial charge in [-0.25, -0.2) is 4.68 Å². The number of hydrogen-bond donors (Lipinski definition) is 1. The fraction of sp³-hybridized carbons (Fsp3) is 0.273. The van der Waals surface area contributed by atoms with Crippen molar-refractivity contribution < 1.29 is 4.79 Å². The van der Waals surface area contributed by atoms with Crippen molar-refractivity contribution in [3.05, 3.63) is 70.7 Å². The molecule has 0 bridgehead atoms. The van der Waals surface area contributed by atoms with Crippen molar-refractivity contribution in [2.45, 2.75) is 39.2 Å². The molecule has 6 nitrogen and oxygen atoms in total. The van der Waals surface area contributed by atoms with Crippen LogP contribution in [0.2, 0.25) is 0 Å². The Bertz CT molecular complexity index is 1110. The minimum atomic E-state index is -0.269. The molecule has 3 aromatic rings. The monoisotopic (exact) mass is 371 g/mol. The lowest BCUT2D eigenvalue weighted by Gasteiger charge is -2.32. The van der Waals surface area contributed by atoms with E-state index in [9.17, 15) is 4.79 Å². The average molecular weight is 371 g/mol. The minimum absolute atomic E-state index is 0.185. The third-order valence-electron chi connectivity index (χ3n) is 5.66. The maximum absolute atomic E-state index is 12.8. The highest BCUT2D eigenvalue weighted by molar-refractivity contribution is 5.99. The van der Waals surface area contributed by atoms with Crippen molar-refractivity contribution in [2.75, 3.05) is 5.32 Å². The van der Waals surface area contributed by atoms with Crippen LogP contribution in [-0.4, -0.2) is 25.5 Å². The molecule has 0 saturated heterocycles. The van der Waals surface area contributed by atoms with Crippen LogP contribution in [0.15, 0.2) is 54.0 Å². The summed E-state index contributed by atoms with van der Waals surface area (Å²) in [7, 11) is 0. The molecule has 1 atom stereocenters. The van der Waals surface area contributed by atoms with Crippen LogP contribution in [0.25, 0.3) is 11.4 Å². The molecule has 2 aromatic heterocycles. The lowest BCUT2D eigenvalue weighted by atomic mass is 9.86. The van der Waals surface area contributed by atoms with Crippen molar-refractivity contribution in [1.82, 2.24) is 19.7 Å². The van der Waals surface area contributed by atoms with Gasteiger partial charge in [-0.15, -0.1) is 5.10 Å². The second-order valence-corrected chi connectivity index (χ2v) is 7.48. The van der Waals surface area contributed by atoms with Crippen molar-refractivity contribution in [1.29, 1.82) is 0 Å². The second kappa shape index (κ2) is 6.41. The van der Waals surface area contributed by atoms with Gasteiger partial charge < -0.3 is 5.32 Å². The highest BCUT2D eigenvalue weighted by atomic mass is 16.1. The summed E-state index contributed by atoms with van der Waals surface area (Å²) >= 11 is 0. The number of hydrogen-bond acceptors (Lipinski definition) is 5. The summed E-state index contributed by atoms with van der Waals surface area (Å²) in [6.07, 6.45) is 5.81. The number of nitrogens with zero attached hydrogens (tertiary/aromatic N) is 4. The molecule has 0 saturated carbocycles. The van der Waals surface area contributed by atoms with E-state index in [1.54, 1.807) is 12.4 Å². The van der Waals surface area contributed by atoms with Gasteiger partial charge in [0.05, 0.1) is 0 Å². The molecule has 3 heterocycles. The van der Waals surface area contributed by atoms with E-state index < -0.39 is 0 Å². The van der Waals surface area contributed by atoms with E-state index in [1.165, 1.54) is 11.1 Å². The van der Waals surface area contributed by atoms with E-state index in [1.807, 2.05) is 22.9 Å². The molecule has 6 heteroatoms. The molecular formula is C22H21N5O. The highest BCUT2D eigenvalue weighted by Crippen LogP contribution is 2.40. The Morgan fingerprint density at radius 2 is 1.89 bits per heavy atom. The second-order valence-electron chi connectivity index (χ2n) is 7.48. The maximum Gasteiger partial charge on any atom is 0.226 e. The number of allylic oxidation sites excluding steroid dienone is 2. The van der Waals surface area contributed by atoms with Crippen LogP contribution in [0.5, 0.6) is 0 Å². The fourth-order valence-corrected chi connectivity index (χ4v) is 4.01. The molecule has 28 heavy (non-hydrogen) atoms. The number of nitrogens with one attached hydrogen (secondary N) is 1. The van der Waals surface area contributed by atoms with Gasteiger partial charge in [-0.3, -0.25) is 9.78 Å². The third-order valence-corrected chi connectivity index (χ3v) is 5.66. The number of pyridine rings is 1. The number of carbonyl (C=O) groups excluding carboxylic acids is 1. The Balaban J connectivity index is 1.67. The van der Waals surface area contributed by atoms with Gasteiger partial charge in [-0.2, -0.15) is 4.98 Å². The molecule has 5 rings (SSSR count). The molecule has 2 aliphatic rings. The number of Topliss-reactive ketones (excluding diaryl/α,β-unsaturated/α-hetero) is 1. The normalized spacial score (nSPS) is 18.5. The molecule has 0 spiro atoms. The number of aryl methyl sites for hydroxylation is 2. The summed E-state index contributed by atoms with van der Waals surface area (Å²) < 4.78 is 1.85. The Labute approximate surface area is 163 Å². The number of carbonyl (C=O) groups is 1. The molecule has 1 N–H and O–H groups in total. The smallest absolute Gasteiger partial charge is 0.226 e. The molecule has 0 radical (unpaired) electrons. The predicted octanol–water partition coefficient (Wildman–Crippen LogP) is 3.98. The van der Waals surface area contributed by atoms with Crippen LogP contribution in [0.3, 0.4) is 0 Å². The summed E-state index contributed by atoms with van der Waals surface area (Å²) in [6.45, 7) is 4.18. The number of ketones is 1. The van der Waals surface area contributed by atoms with E-state index in [0.29, 0.717) is 18.2 Å². The summed E-state index contributed by atoms with van der Waals surface area (Å²) in [5.41, 5.74) is 6.20. The Morgan fingerprint density at radius 3 is 2.68 bits per heavy atom. The van der Waals surface area contributed by atoms with Gasteiger partial charge in [0.15, 0.2) is 11.6 Å². The minimum Gasteiger partial charge on any atom is -0.328 e. The molecule has 1 aliphatic heterocycles. The van der Waals surface area contributed by atoms with Crippen LogP contribution < -0.4 is 5.32 Å². The lowest BCUT2D eigenvalue weighted by molar-refractivity contribution is -0.116. The molecule has 1 unspecified atom stereocenters. The number of aromatic nitrogens is 4. The topological polar surface area (TPSA) is 72.7 Å². The van der Waals surface area contributed by atoms with Crippen molar-refractivity contribution in [3.8, 4) is 11.4 Å². The van der Waals surface area contributed by atoms with Crippen LogP contribution in [-0.2, 0) is 4.79 Å². The first-order valence-corrected chi connectivity index (χ1v) is 9.59. The first-order chi connectivity index (χ1) is 13.6. The zero-order chi connectivity index (χ0) is 19.3. The summed E-state index contributed by atoms with van der Waals surface area (Å²) in [5.74, 6) is 1.53. The van der Waals surface area contributed by atoms with Gasteiger partial charge in [-0.05, 0) is 61.6 Å². The van der Waals surface area contributed by atoms with Gasteiger partial charge in [0, 0.05) is 35.6 Å². The average Bonchev–Trinajstić information content (AvgIpc) is 3.13. The Morgan fingerprint density at radius 1 is 1.07 bits per heavy atom. The molecule has 1 aromatic carbocycles. The van der Waals surface area contributed by atoms with E-state index in [4.69, 9.17) is 10.1 Å². The van der Waals surface area contributed by atoms with E-state index in [2.05, 4.69) is 36.3 Å². The quantitative estimate of drug-likeness (QED) is 0.738. The molecule has 0 amide bonds. The molecule has 1 aliphatic carbocycles. The standard InChI is InChI=1S/C22H21N5O/c1-13-6-7-16(12-14(13)2)21-25-22-24-17-4-3-5-18(28)19(17)20(27(22)26-21)15-8-10-23-11-9-15/h6-12,20H,3-5H2,1-2H3,(H,24,25,26). The zero-order valence-electron chi connectivity index (χ0n) is 15.9. The van der Waals surface area contributed by atoms with Gasteiger partial charge in [0.2, 0.25) is 5.95 Å². The molecular weight excluding hydrogens is 350 g/mol. The molecule has 0 fully saturated rings. The Hall–Kier alpha value is -3.28. The third kappa shape index (κ3) is 2.64. The number of anilines is 1. The van der Waals surface area contributed by atoms with E-state index >= 15 is 0 Å². The summed E-state index contributed by atoms with van der Waals surface area (Å²) in [5, 5.41) is 8.19. The highest BCUT2D eigenvalue weighted by Gasteiger charge is 2.36. The van der Waals surface area contributed by atoms with Crippen LogP contribution >= 0.6 is 0 Å². The summed E-state index contributed by atoms with van der Waals surface area (Å²) in [4.78, 5) is 21.7. The van der Waals surface area contributed by atoms with Gasteiger partial charge in [0.25, 0.3) is 0 Å². The first kappa shape index (κ1) is 16.9. The largest absolute Gasteiger partial charge is 0.328 e. The van der Waals surface area contributed by atoms with Gasteiger partial charge >= 0.3 is 0 Å². The van der Waals surface area contributed by atoms with Crippen LogP contribution in [0, 0.1) is 13.8 Å². The predicted molar refractivity (Wildman–Crippen MR) is 107 cm³/mol.